The summed E-state index contributed by atoms with van der Waals surface area (Å²) in [5.74, 6) is 1.42. The molecule has 4 nitrogen and oxygen atoms in total. The van der Waals surface area contributed by atoms with Crippen LogP contribution in [0.2, 0.25) is 0 Å². The van der Waals surface area contributed by atoms with Crippen LogP contribution in [0, 0.1) is 5.92 Å². The lowest BCUT2D eigenvalue weighted by Crippen LogP contribution is -1.98. The van der Waals surface area contributed by atoms with Crippen LogP contribution in [0.15, 0.2) is 47.5 Å². The van der Waals surface area contributed by atoms with E-state index in [2.05, 4.69) is 27.9 Å². The van der Waals surface area contributed by atoms with Crippen LogP contribution in [0.3, 0.4) is 0 Å². The van der Waals surface area contributed by atoms with Crippen LogP contribution < -0.4 is 5.73 Å². The summed E-state index contributed by atoms with van der Waals surface area (Å²) >= 11 is 0. The van der Waals surface area contributed by atoms with Crippen molar-refractivity contribution in [3.05, 3.63) is 48.7 Å². The molecule has 4 rings (SSSR count). The van der Waals surface area contributed by atoms with Crippen molar-refractivity contribution in [2.45, 2.75) is 25.2 Å². The third-order valence-corrected chi connectivity index (χ3v) is 4.42. The van der Waals surface area contributed by atoms with E-state index in [0.717, 1.165) is 35.5 Å². The van der Waals surface area contributed by atoms with Gasteiger partial charge in [-0.15, -0.1) is 0 Å². The molecule has 0 aliphatic heterocycles. The lowest BCUT2D eigenvalue weighted by molar-refractivity contribution is 0.616. The number of imidazole rings is 1. The molecule has 1 aliphatic carbocycles. The quantitative estimate of drug-likeness (QED) is 0.779. The van der Waals surface area contributed by atoms with E-state index >= 15 is 0 Å². The van der Waals surface area contributed by atoms with Crippen molar-refractivity contribution >= 4 is 11.0 Å². The highest BCUT2D eigenvalue weighted by Crippen LogP contribution is 2.49. The first-order valence-electron chi connectivity index (χ1n) is 7.57. The van der Waals surface area contributed by atoms with Crippen LogP contribution in [0.25, 0.3) is 16.7 Å². The molecule has 1 aliphatic rings. The Morgan fingerprint density at radius 1 is 1.33 bits per heavy atom. The van der Waals surface area contributed by atoms with E-state index in [4.69, 9.17) is 10.2 Å². The van der Waals surface area contributed by atoms with Gasteiger partial charge in [0.15, 0.2) is 0 Å². The zero-order valence-electron chi connectivity index (χ0n) is 11.9. The van der Waals surface area contributed by atoms with Gasteiger partial charge in [-0.3, -0.25) is 0 Å². The molecule has 0 spiro atoms. The van der Waals surface area contributed by atoms with Gasteiger partial charge in [0.25, 0.3) is 0 Å². The highest BCUT2D eigenvalue weighted by Gasteiger charge is 2.39. The highest BCUT2D eigenvalue weighted by molar-refractivity contribution is 5.79. The number of aromatic nitrogens is 2. The maximum atomic E-state index is 5.58. The van der Waals surface area contributed by atoms with Crippen LogP contribution >= 0.6 is 0 Å². The monoisotopic (exact) mass is 281 g/mol. The molecule has 2 heterocycles. The number of nitrogens with two attached hydrogens (primary N) is 1. The minimum atomic E-state index is 0.635. The van der Waals surface area contributed by atoms with Gasteiger partial charge >= 0.3 is 0 Å². The van der Waals surface area contributed by atoms with Crippen LogP contribution in [-0.2, 0) is 0 Å². The molecule has 2 N–H and O–H groups in total. The van der Waals surface area contributed by atoms with Crippen molar-refractivity contribution in [1.29, 1.82) is 0 Å². The third kappa shape index (κ3) is 2.36. The first kappa shape index (κ1) is 12.7. The van der Waals surface area contributed by atoms with Crippen molar-refractivity contribution in [2.24, 2.45) is 11.7 Å². The summed E-state index contributed by atoms with van der Waals surface area (Å²) in [7, 11) is 0. The topological polar surface area (TPSA) is 57.0 Å². The van der Waals surface area contributed by atoms with Crippen molar-refractivity contribution in [3.63, 3.8) is 0 Å². The average Bonchev–Trinajstić information content (AvgIpc) is 2.92. The van der Waals surface area contributed by atoms with Crippen LogP contribution in [-0.4, -0.2) is 16.1 Å². The van der Waals surface area contributed by atoms with Gasteiger partial charge < -0.3 is 14.7 Å². The second-order valence-corrected chi connectivity index (χ2v) is 5.88. The number of rotatable bonds is 5. The Morgan fingerprint density at radius 3 is 3.19 bits per heavy atom. The third-order valence-electron chi connectivity index (χ3n) is 4.42. The Morgan fingerprint density at radius 2 is 2.29 bits per heavy atom. The summed E-state index contributed by atoms with van der Waals surface area (Å²) in [5.41, 5.74) is 8.84. The summed E-state index contributed by atoms with van der Waals surface area (Å²) in [6.07, 6.45) is 9.41. The Bertz CT molecular complexity index is 758. The SMILES string of the molecule is NCCCC1CC1c1cn(-c2ccc3occc3c2)cn1. The van der Waals surface area contributed by atoms with Crippen LogP contribution in [0.1, 0.15) is 30.9 Å². The van der Waals surface area contributed by atoms with Gasteiger partial charge in [-0.1, -0.05) is 0 Å². The number of nitrogens with zero attached hydrogens (tertiary/aromatic N) is 2. The Kier molecular flexibility index (Phi) is 3.04. The molecule has 2 unspecified atom stereocenters. The molecule has 4 heteroatoms. The molecule has 3 aromatic rings. The molecule has 1 fully saturated rings. The molecule has 108 valence electrons. The number of hydrogen-bond donors (Lipinski definition) is 1. The fourth-order valence-electron chi connectivity index (χ4n) is 3.09. The second-order valence-electron chi connectivity index (χ2n) is 5.88. The Balaban J connectivity index is 1.54. The number of furan rings is 1. The summed E-state index contributed by atoms with van der Waals surface area (Å²) in [6, 6.07) is 8.19. The number of hydrogen-bond acceptors (Lipinski definition) is 3. The molecule has 0 amide bonds. The Hall–Kier alpha value is -2.07. The predicted octanol–water partition coefficient (Wildman–Crippen LogP) is 3.46. The van der Waals surface area contributed by atoms with Crippen molar-refractivity contribution in [3.8, 4) is 5.69 Å². The van der Waals surface area contributed by atoms with Crippen molar-refractivity contribution in [2.75, 3.05) is 6.54 Å². The van der Waals surface area contributed by atoms with Gasteiger partial charge in [0.1, 0.15) is 5.58 Å². The lowest BCUT2D eigenvalue weighted by Gasteiger charge is -2.01. The standard InChI is InChI=1S/C17H19N3O/c18-6-1-2-12-9-15(12)16-10-20(11-19-16)14-3-4-17-13(8-14)5-7-21-17/h3-5,7-8,10-12,15H,1-2,6,9,18H2. The van der Waals surface area contributed by atoms with E-state index in [1.54, 1.807) is 6.26 Å². The normalized spacial score (nSPS) is 21.0. The fraction of sp³-hybridized carbons (Fsp3) is 0.353. The first-order chi connectivity index (χ1) is 10.3. The molecule has 0 saturated heterocycles. The minimum Gasteiger partial charge on any atom is -0.464 e. The fourth-order valence-corrected chi connectivity index (χ4v) is 3.09. The van der Waals surface area contributed by atoms with Crippen molar-refractivity contribution in [1.82, 2.24) is 9.55 Å². The molecule has 0 bridgehead atoms. The minimum absolute atomic E-state index is 0.635. The molecular formula is C17H19N3O. The smallest absolute Gasteiger partial charge is 0.133 e. The van der Waals surface area contributed by atoms with Gasteiger partial charge in [0, 0.05) is 23.2 Å². The zero-order chi connectivity index (χ0) is 14.2. The maximum absolute atomic E-state index is 5.58. The second kappa shape index (κ2) is 5.04. The van der Waals surface area contributed by atoms with Crippen molar-refractivity contribution < 1.29 is 4.42 Å². The summed E-state index contributed by atoms with van der Waals surface area (Å²) in [5, 5.41) is 1.12. The molecule has 2 atom stereocenters. The lowest BCUT2D eigenvalue weighted by atomic mass is 10.1. The van der Waals surface area contributed by atoms with E-state index in [9.17, 15) is 0 Å². The maximum Gasteiger partial charge on any atom is 0.133 e. The van der Waals surface area contributed by atoms with Crippen LogP contribution in [0.5, 0.6) is 0 Å². The van der Waals surface area contributed by atoms with Gasteiger partial charge in [0.2, 0.25) is 0 Å². The Labute approximate surface area is 123 Å². The van der Waals surface area contributed by atoms with Gasteiger partial charge in [-0.2, -0.15) is 0 Å². The van der Waals surface area contributed by atoms with Gasteiger partial charge in [-0.25, -0.2) is 4.98 Å². The first-order valence-corrected chi connectivity index (χ1v) is 7.57. The molecule has 1 saturated carbocycles. The zero-order valence-corrected chi connectivity index (χ0v) is 11.9. The number of fused-ring (bicyclic) bond motifs is 1. The van der Waals surface area contributed by atoms with E-state index in [1.165, 1.54) is 18.5 Å². The molecular weight excluding hydrogens is 262 g/mol. The summed E-state index contributed by atoms with van der Waals surface area (Å²) in [6.45, 7) is 0.794. The number of benzene rings is 1. The predicted molar refractivity (Wildman–Crippen MR) is 82.5 cm³/mol. The van der Waals surface area contributed by atoms with Crippen LogP contribution in [0.4, 0.5) is 0 Å². The van der Waals surface area contributed by atoms with Gasteiger partial charge in [0.05, 0.1) is 18.3 Å². The molecule has 21 heavy (non-hydrogen) atoms. The molecule has 2 aromatic heterocycles. The average molecular weight is 281 g/mol. The highest BCUT2D eigenvalue weighted by atomic mass is 16.3. The van der Waals surface area contributed by atoms with E-state index < -0.39 is 0 Å². The summed E-state index contributed by atoms with van der Waals surface area (Å²) in [4.78, 5) is 4.59. The molecule has 0 radical (unpaired) electrons. The largest absolute Gasteiger partial charge is 0.464 e. The van der Waals surface area contributed by atoms with Gasteiger partial charge in [-0.05, 0) is 56.0 Å². The van der Waals surface area contributed by atoms with E-state index in [0.29, 0.717) is 5.92 Å². The van der Waals surface area contributed by atoms with E-state index in [-0.39, 0.29) is 0 Å². The van der Waals surface area contributed by atoms with E-state index in [1.807, 2.05) is 18.5 Å². The summed E-state index contributed by atoms with van der Waals surface area (Å²) < 4.78 is 7.48. The molecule has 1 aromatic carbocycles.